The summed E-state index contributed by atoms with van der Waals surface area (Å²) in [5.74, 6) is -0.0776. The second-order valence-corrected chi connectivity index (χ2v) is 14.6. The Balaban J connectivity index is 1.21. The van der Waals surface area contributed by atoms with Gasteiger partial charge in [0.05, 0.1) is 24.9 Å². The van der Waals surface area contributed by atoms with Gasteiger partial charge in [-0.1, -0.05) is 12.2 Å². The molecule has 0 spiro atoms. The number of nitrogen functional groups attached to an aromatic ring is 2. The van der Waals surface area contributed by atoms with E-state index in [4.69, 9.17) is 39.0 Å². The van der Waals surface area contributed by atoms with Crippen molar-refractivity contribution < 1.29 is 51.8 Å². The van der Waals surface area contributed by atoms with Crippen molar-refractivity contribution >= 4 is 60.8 Å². The second kappa shape index (κ2) is 11.1. The molecule has 21 nitrogen and oxygen atoms in total. The van der Waals surface area contributed by atoms with Crippen molar-refractivity contribution in [2.75, 3.05) is 24.7 Å². The van der Waals surface area contributed by atoms with Crippen LogP contribution in [0.5, 0.6) is 0 Å². The van der Waals surface area contributed by atoms with Crippen molar-refractivity contribution in [3.63, 3.8) is 0 Å². The van der Waals surface area contributed by atoms with E-state index >= 15 is 0 Å². The van der Waals surface area contributed by atoms with Crippen molar-refractivity contribution in [2.45, 2.75) is 49.1 Å². The highest BCUT2D eigenvalue weighted by atomic mass is 32.7. The number of nitrogens with two attached hydrogens (primary N) is 2. The number of aliphatic hydroxyl groups is 2. The summed E-state index contributed by atoms with van der Waals surface area (Å²) in [6, 6.07) is 1.59. The van der Waals surface area contributed by atoms with Crippen LogP contribution in [0, 0.1) is 0 Å². The molecule has 3 saturated heterocycles. The maximum Gasteiger partial charge on any atom is 0.472 e. The van der Waals surface area contributed by atoms with Gasteiger partial charge < -0.3 is 40.6 Å². The zero-order chi connectivity index (χ0) is 31.8. The highest BCUT2D eigenvalue weighted by Crippen LogP contribution is 2.58. The molecule has 24 heteroatoms. The number of phosphoric ester groups is 1. The van der Waals surface area contributed by atoms with Crippen LogP contribution < -0.4 is 17.0 Å². The molecule has 0 aromatic carbocycles. The van der Waals surface area contributed by atoms with Crippen molar-refractivity contribution in [3.05, 3.63) is 35.3 Å². The minimum Gasteiger partial charge on any atom is -0.387 e. The van der Waals surface area contributed by atoms with Crippen molar-refractivity contribution in [1.29, 1.82) is 0 Å². The molecule has 4 aromatic heterocycles. The summed E-state index contributed by atoms with van der Waals surface area (Å²) in [6.07, 6.45) is -7.84. The van der Waals surface area contributed by atoms with Crippen LogP contribution in [0.2, 0.25) is 0 Å². The molecule has 3 aliphatic heterocycles. The van der Waals surface area contributed by atoms with Gasteiger partial charge in [0.15, 0.2) is 23.6 Å². The number of rotatable bonds is 2. The summed E-state index contributed by atoms with van der Waals surface area (Å²) >= 11 is 4.05. The average Bonchev–Trinajstić information content (AvgIpc) is 3.72. The lowest BCUT2D eigenvalue weighted by Gasteiger charge is -2.26. The van der Waals surface area contributed by atoms with E-state index in [9.17, 15) is 29.0 Å². The fourth-order valence-corrected chi connectivity index (χ4v) is 7.86. The Morgan fingerprint density at radius 1 is 0.956 bits per heavy atom. The second-order valence-electron chi connectivity index (χ2n) is 10.3. The maximum atomic E-state index is 13.5. The normalized spacial score (nSPS) is 37.7. The number of aromatic amines is 1. The molecule has 6 unspecified atom stereocenters. The molecule has 3 aliphatic rings. The molecule has 7 rings (SSSR count). The summed E-state index contributed by atoms with van der Waals surface area (Å²) in [4.78, 5) is 41.4. The van der Waals surface area contributed by atoms with Gasteiger partial charge in [-0.3, -0.25) is 32.4 Å². The molecule has 45 heavy (non-hydrogen) atoms. The van der Waals surface area contributed by atoms with Gasteiger partial charge in [-0.05, 0) is 6.07 Å². The standard InChI is InChI=1S/C21H25N9O12P2S/c22-15-7-1-2-29(16(7)25-5-24-15)19-12(32)13-9(40-19)4-38-44(36,45)42-14-11(31)8(3-37-43(34,35)41-13)39-20(14)30-6-26-10-17(30)27-21(23)28-18(10)33/h1-2,5-6,8-9,11-14,19-20,31-32H,3-4H2,(H,34,35)(H,36,45)(H2,22,24,25)(H3,23,27,28,33)/t8-,9-,11?,12?,13?,14?,19-,20-,44?/m1/s1. The zero-order valence-corrected chi connectivity index (χ0v) is 25.2. The molecule has 0 amide bonds. The zero-order valence-electron chi connectivity index (χ0n) is 22.5. The molecule has 2 bridgehead atoms. The number of hydrogen-bond donors (Lipinski definition) is 7. The number of aliphatic hydroxyl groups excluding tert-OH is 2. The number of nitrogens with one attached hydrogen (secondary N) is 1. The first-order valence-corrected chi connectivity index (χ1v) is 17.3. The smallest absolute Gasteiger partial charge is 0.387 e. The minimum absolute atomic E-state index is 0.0670. The summed E-state index contributed by atoms with van der Waals surface area (Å²) in [6.45, 7) is -5.80. The number of H-pyrrole nitrogens is 1. The fraction of sp³-hybridized carbons (Fsp3) is 0.476. The number of imidazole rings is 1. The first kappa shape index (κ1) is 30.7. The van der Waals surface area contributed by atoms with Crippen LogP contribution in [0.25, 0.3) is 22.2 Å². The SMILES string of the molecule is Nc1nc2c(ncn2[C@@H]2O[C@@H]3COP(=O)(O)OC4C(O)[C@H](n5ccc6c(N)ncnc65)O[C@@H]4COP(=O)(S)OC2C3O)c(=O)[nH]1. The van der Waals surface area contributed by atoms with Crippen LogP contribution in [-0.2, 0) is 36.7 Å². The number of nitrogens with zero attached hydrogens (tertiary/aromatic N) is 6. The molecule has 7 heterocycles. The van der Waals surface area contributed by atoms with Crippen LogP contribution in [-0.4, -0.2) is 99.0 Å². The van der Waals surface area contributed by atoms with E-state index in [2.05, 4.69) is 37.2 Å². The number of fused-ring (bicyclic) bond motifs is 5. The molecule has 0 aliphatic carbocycles. The molecular formula is C21H25N9O12P2S. The lowest BCUT2D eigenvalue weighted by Crippen LogP contribution is -2.36. The number of anilines is 2. The van der Waals surface area contributed by atoms with Crippen LogP contribution in [0.1, 0.15) is 12.5 Å². The maximum absolute atomic E-state index is 13.5. The van der Waals surface area contributed by atoms with Gasteiger partial charge in [-0.25, -0.2) is 24.1 Å². The number of thiol groups is 1. The summed E-state index contributed by atoms with van der Waals surface area (Å²) < 4.78 is 62.6. The number of aromatic nitrogens is 7. The Kier molecular flexibility index (Phi) is 7.55. The van der Waals surface area contributed by atoms with E-state index < -0.39 is 82.5 Å². The van der Waals surface area contributed by atoms with Gasteiger partial charge in [0.25, 0.3) is 5.56 Å². The van der Waals surface area contributed by atoms with Crippen LogP contribution >= 0.6 is 26.9 Å². The van der Waals surface area contributed by atoms with Crippen molar-refractivity contribution in [2.24, 2.45) is 0 Å². The Hall–Kier alpha value is -2.98. The number of phosphoric acid groups is 1. The van der Waals surface area contributed by atoms with Crippen LogP contribution in [0.3, 0.4) is 0 Å². The molecule has 3 fully saturated rings. The fourth-order valence-electron chi connectivity index (χ4n) is 5.44. The highest BCUT2D eigenvalue weighted by molar-refractivity contribution is 8.44. The average molecular weight is 689 g/mol. The monoisotopic (exact) mass is 689 g/mol. The number of ether oxygens (including phenoxy) is 2. The predicted octanol–water partition coefficient (Wildman–Crippen LogP) is -0.799. The van der Waals surface area contributed by atoms with Gasteiger partial charge >= 0.3 is 14.6 Å². The van der Waals surface area contributed by atoms with E-state index in [0.29, 0.717) is 5.39 Å². The summed E-state index contributed by atoms with van der Waals surface area (Å²) in [7, 11) is -5.01. The van der Waals surface area contributed by atoms with Crippen molar-refractivity contribution in [1.82, 2.24) is 34.1 Å². The molecule has 0 radical (unpaired) electrons. The van der Waals surface area contributed by atoms with Gasteiger partial charge in [0.1, 0.15) is 54.4 Å². The Bertz CT molecular complexity index is 1940. The molecule has 4 aromatic rings. The molecule has 10 atom stereocenters. The minimum atomic E-state index is -5.01. The Morgan fingerprint density at radius 2 is 1.71 bits per heavy atom. The van der Waals surface area contributed by atoms with Gasteiger partial charge in [-0.15, -0.1) is 0 Å². The predicted molar refractivity (Wildman–Crippen MR) is 152 cm³/mol. The third kappa shape index (κ3) is 5.45. The first-order chi connectivity index (χ1) is 21.3. The number of hydrogen-bond acceptors (Lipinski definition) is 17. The molecule has 0 saturated carbocycles. The van der Waals surface area contributed by atoms with Gasteiger partial charge in [0, 0.05) is 6.20 Å². The van der Waals surface area contributed by atoms with E-state index in [-0.39, 0.29) is 28.6 Å². The first-order valence-electron chi connectivity index (χ1n) is 13.1. The van der Waals surface area contributed by atoms with Crippen molar-refractivity contribution in [3.8, 4) is 0 Å². The molecular weight excluding hydrogens is 664 g/mol. The quantitative estimate of drug-likeness (QED) is 0.100. The lowest BCUT2D eigenvalue weighted by atomic mass is 10.1. The van der Waals surface area contributed by atoms with E-state index in [1.807, 2.05) is 0 Å². The third-order valence-electron chi connectivity index (χ3n) is 7.47. The van der Waals surface area contributed by atoms with Gasteiger partial charge in [0.2, 0.25) is 5.95 Å². The van der Waals surface area contributed by atoms with Crippen LogP contribution in [0.4, 0.5) is 11.8 Å². The Morgan fingerprint density at radius 3 is 2.51 bits per heavy atom. The van der Waals surface area contributed by atoms with E-state index in [0.717, 1.165) is 6.33 Å². The molecule has 8 N–H and O–H groups in total. The van der Waals surface area contributed by atoms with Crippen LogP contribution in [0.15, 0.2) is 29.7 Å². The van der Waals surface area contributed by atoms with E-state index in [1.54, 1.807) is 6.07 Å². The topological polar surface area (TPSA) is 297 Å². The lowest BCUT2D eigenvalue weighted by molar-refractivity contribution is -0.0619. The molecule has 242 valence electrons. The highest BCUT2D eigenvalue weighted by Gasteiger charge is 2.53. The van der Waals surface area contributed by atoms with Gasteiger partial charge in [-0.2, -0.15) is 4.98 Å². The largest absolute Gasteiger partial charge is 0.472 e. The summed E-state index contributed by atoms with van der Waals surface area (Å²) in [5, 5.41) is 22.7. The Labute approximate surface area is 255 Å². The van der Waals surface area contributed by atoms with E-state index in [1.165, 1.54) is 21.7 Å². The third-order valence-corrected chi connectivity index (χ3v) is 10.1. The summed E-state index contributed by atoms with van der Waals surface area (Å²) in [5.41, 5.74) is 11.0.